The van der Waals surface area contributed by atoms with E-state index in [0.29, 0.717) is 17.9 Å². The Bertz CT molecular complexity index is 1050. The smallest absolute Gasteiger partial charge is 0.261 e. The number of H-pyrrole nitrogens is 1. The van der Waals surface area contributed by atoms with Crippen LogP contribution >= 0.6 is 23.1 Å². The lowest BCUT2D eigenvalue weighted by Gasteiger charge is -2.18. The van der Waals surface area contributed by atoms with Gasteiger partial charge < -0.3 is 10.3 Å². The molecule has 1 aliphatic carbocycles. The number of aromatic nitrogens is 3. The first-order valence-corrected chi connectivity index (χ1v) is 12.3. The number of hydrogen-bond acceptors (Lipinski definition) is 6. The lowest BCUT2D eigenvalue weighted by Crippen LogP contribution is -2.30. The molecule has 0 saturated heterocycles. The second-order valence-corrected chi connectivity index (χ2v) is 9.46. The number of aromatic amines is 1. The standard InChI is InChI=1S/C22H24N4O2S2/c1-29-10-8-16(25-22(28)19-11-14-5-2-3-7-18(14)30-19)17-12-20(27)26-21(24-17)15-6-4-9-23-13-15/h4,6,9,11-13,16H,2-3,5,7-8,10H2,1H3,(H,25,28)(H,24,26,27)/t16-/m1/s1. The van der Waals surface area contributed by atoms with E-state index in [2.05, 4.69) is 20.3 Å². The van der Waals surface area contributed by atoms with Gasteiger partial charge in [-0.2, -0.15) is 11.8 Å². The van der Waals surface area contributed by atoms with E-state index in [1.54, 1.807) is 41.6 Å². The molecule has 1 amide bonds. The van der Waals surface area contributed by atoms with Gasteiger partial charge in [0.1, 0.15) is 5.82 Å². The van der Waals surface area contributed by atoms with E-state index >= 15 is 0 Å². The minimum absolute atomic E-state index is 0.0921. The molecule has 0 saturated carbocycles. The Labute approximate surface area is 183 Å². The number of carbonyl (C=O) groups excluding carboxylic acids is 1. The van der Waals surface area contributed by atoms with Gasteiger partial charge >= 0.3 is 0 Å². The fraction of sp³-hybridized carbons (Fsp3) is 0.364. The summed E-state index contributed by atoms with van der Waals surface area (Å²) < 4.78 is 0. The minimum Gasteiger partial charge on any atom is -0.343 e. The molecule has 0 aromatic carbocycles. The van der Waals surface area contributed by atoms with Crippen molar-refractivity contribution in [2.45, 2.75) is 38.1 Å². The molecule has 0 bridgehead atoms. The van der Waals surface area contributed by atoms with Crippen LogP contribution in [0.5, 0.6) is 0 Å². The normalized spacial score (nSPS) is 14.2. The Balaban J connectivity index is 1.61. The maximum Gasteiger partial charge on any atom is 0.261 e. The van der Waals surface area contributed by atoms with Crippen LogP contribution in [0.2, 0.25) is 0 Å². The molecule has 3 aromatic heterocycles. The predicted molar refractivity (Wildman–Crippen MR) is 122 cm³/mol. The van der Waals surface area contributed by atoms with Crippen LogP contribution in [0.4, 0.5) is 0 Å². The molecule has 3 heterocycles. The number of thiophene rings is 1. The minimum atomic E-state index is -0.332. The van der Waals surface area contributed by atoms with Gasteiger partial charge in [-0.05, 0) is 67.9 Å². The number of fused-ring (bicyclic) bond motifs is 1. The highest BCUT2D eigenvalue weighted by Crippen LogP contribution is 2.30. The van der Waals surface area contributed by atoms with Gasteiger partial charge in [0.05, 0.1) is 16.6 Å². The third kappa shape index (κ3) is 4.82. The van der Waals surface area contributed by atoms with Crippen LogP contribution in [0.1, 0.15) is 51.1 Å². The number of pyridine rings is 1. The van der Waals surface area contributed by atoms with E-state index in [0.717, 1.165) is 29.0 Å². The van der Waals surface area contributed by atoms with E-state index in [1.807, 2.05) is 18.4 Å². The Morgan fingerprint density at radius 1 is 1.33 bits per heavy atom. The molecule has 8 heteroatoms. The Kier molecular flexibility index (Phi) is 6.64. The van der Waals surface area contributed by atoms with Gasteiger partial charge in [-0.25, -0.2) is 4.98 Å². The highest BCUT2D eigenvalue weighted by Gasteiger charge is 2.22. The van der Waals surface area contributed by atoms with Crippen molar-refractivity contribution in [1.29, 1.82) is 0 Å². The number of carbonyl (C=O) groups is 1. The first-order chi connectivity index (χ1) is 14.6. The van der Waals surface area contributed by atoms with Crippen molar-refractivity contribution in [2.75, 3.05) is 12.0 Å². The van der Waals surface area contributed by atoms with Crippen LogP contribution in [0, 0.1) is 0 Å². The summed E-state index contributed by atoms with van der Waals surface area (Å²) in [4.78, 5) is 38.9. The number of nitrogens with zero attached hydrogens (tertiary/aromatic N) is 2. The molecule has 0 radical (unpaired) electrons. The number of hydrogen-bond donors (Lipinski definition) is 2. The van der Waals surface area contributed by atoms with Gasteiger partial charge in [0, 0.05) is 28.9 Å². The van der Waals surface area contributed by atoms with E-state index in [9.17, 15) is 9.59 Å². The van der Waals surface area contributed by atoms with Gasteiger partial charge in [0.15, 0.2) is 0 Å². The average molecular weight is 441 g/mol. The van der Waals surface area contributed by atoms with Crippen LogP contribution < -0.4 is 10.9 Å². The van der Waals surface area contributed by atoms with Crippen molar-refractivity contribution in [3.8, 4) is 11.4 Å². The molecule has 4 rings (SSSR count). The van der Waals surface area contributed by atoms with E-state index in [1.165, 1.54) is 29.3 Å². The molecule has 0 unspecified atom stereocenters. The highest BCUT2D eigenvalue weighted by atomic mass is 32.2. The van der Waals surface area contributed by atoms with Crippen LogP contribution in [0.15, 0.2) is 41.5 Å². The second kappa shape index (κ2) is 9.57. The predicted octanol–water partition coefficient (Wildman–Crippen LogP) is 4.00. The number of rotatable bonds is 7. The monoisotopic (exact) mass is 440 g/mol. The van der Waals surface area contributed by atoms with Gasteiger partial charge in [-0.3, -0.25) is 14.6 Å². The quantitative estimate of drug-likeness (QED) is 0.580. The molecule has 1 atom stereocenters. The summed E-state index contributed by atoms with van der Waals surface area (Å²) in [5.74, 6) is 1.22. The summed E-state index contributed by atoms with van der Waals surface area (Å²) in [5.41, 5.74) is 2.37. The van der Waals surface area contributed by atoms with E-state index < -0.39 is 0 Å². The molecular weight excluding hydrogens is 416 g/mol. The lowest BCUT2D eigenvalue weighted by atomic mass is 9.99. The third-order valence-corrected chi connectivity index (χ3v) is 7.07. The van der Waals surface area contributed by atoms with Crippen molar-refractivity contribution in [2.24, 2.45) is 0 Å². The maximum absolute atomic E-state index is 13.0. The summed E-state index contributed by atoms with van der Waals surface area (Å²) in [6.45, 7) is 0. The first kappa shape index (κ1) is 20.8. The van der Waals surface area contributed by atoms with Crippen LogP contribution in [-0.2, 0) is 12.8 Å². The Morgan fingerprint density at radius 3 is 2.97 bits per heavy atom. The molecular formula is C22H24N4O2S2. The molecule has 6 nitrogen and oxygen atoms in total. The Hall–Kier alpha value is -2.45. The zero-order valence-electron chi connectivity index (χ0n) is 16.8. The fourth-order valence-corrected chi connectivity index (χ4v) is 5.28. The van der Waals surface area contributed by atoms with Crippen molar-refractivity contribution >= 4 is 29.0 Å². The van der Waals surface area contributed by atoms with Crippen LogP contribution in [-0.4, -0.2) is 32.9 Å². The number of nitrogens with one attached hydrogen (secondary N) is 2. The summed E-state index contributed by atoms with van der Waals surface area (Å²) in [7, 11) is 0. The lowest BCUT2D eigenvalue weighted by molar-refractivity contribution is 0.0939. The van der Waals surface area contributed by atoms with Crippen LogP contribution in [0.3, 0.4) is 0 Å². The largest absolute Gasteiger partial charge is 0.343 e. The SMILES string of the molecule is CSCC[C@@H](NC(=O)c1cc2c(s1)CCCC2)c1cc(=O)[nH]c(-c2cccnc2)n1. The highest BCUT2D eigenvalue weighted by molar-refractivity contribution is 7.98. The van der Waals surface area contributed by atoms with Crippen molar-refractivity contribution in [3.63, 3.8) is 0 Å². The van der Waals surface area contributed by atoms with Crippen molar-refractivity contribution < 1.29 is 4.79 Å². The van der Waals surface area contributed by atoms with Gasteiger partial charge in [0.2, 0.25) is 0 Å². The summed E-state index contributed by atoms with van der Waals surface area (Å²) in [6, 6.07) is 6.83. The van der Waals surface area contributed by atoms with Crippen LogP contribution in [0.25, 0.3) is 11.4 Å². The molecule has 2 N–H and O–H groups in total. The third-order valence-electron chi connectivity index (χ3n) is 5.19. The van der Waals surface area contributed by atoms with E-state index in [-0.39, 0.29) is 17.5 Å². The zero-order valence-corrected chi connectivity index (χ0v) is 18.4. The summed E-state index contributed by atoms with van der Waals surface area (Å²) in [5, 5.41) is 3.13. The van der Waals surface area contributed by atoms with Gasteiger partial charge in [0.25, 0.3) is 11.5 Å². The number of amides is 1. The Morgan fingerprint density at radius 2 is 2.20 bits per heavy atom. The fourth-order valence-electron chi connectivity index (χ4n) is 3.66. The molecule has 0 aliphatic heterocycles. The van der Waals surface area contributed by atoms with Gasteiger partial charge in [-0.15, -0.1) is 11.3 Å². The maximum atomic E-state index is 13.0. The van der Waals surface area contributed by atoms with Crippen molar-refractivity contribution in [1.82, 2.24) is 20.3 Å². The first-order valence-electron chi connectivity index (χ1n) is 10.1. The zero-order chi connectivity index (χ0) is 20.9. The summed E-state index contributed by atoms with van der Waals surface area (Å²) >= 11 is 3.30. The topological polar surface area (TPSA) is 87.7 Å². The van der Waals surface area contributed by atoms with Crippen molar-refractivity contribution in [3.05, 3.63) is 68.0 Å². The molecule has 0 spiro atoms. The molecule has 156 valence electrons. The average Bonchev–Trinajstić information content (AvgIpc) is 3.21. The van der Waals surface area contributed by atoms with E-state index in [4.69, 9.17) is 0 Å². The number of thioether (sulfide) groups is 1. The van der Waals surface area contributed by atoms with Gasteiger partial charge in [-0.1, -0.05) is 0 Å². The molecule has 3 aromatic rings. The molecule has 30 heavy (non-hydrogen) atoms. The summed E-state index contributed by atoms with van der Waals surface area (Å²) in [6.07, 6.45) is 10.6. The second-order valence-electron chi connectivity index (χ2n) is 7.33. The number of aryl methyl sites for hydroxylation is 2. The molecule has 1 aliphatic rings. The molecule has 0 fully saturated rings.